The molecule has 0 radical (unpaired) electrons. The summed E-state index contributed by atoms with van der Waals surface area (Å²) in [6.45, 7) is 4.37. The van der Waals surface area contributed by atoms with Crippen LogP contribution in [0.25, 0.3) is 10.2 Å². The summed E-state index contributed by atoms with van der Waals surface area (Å²) in [5, 5.41) is 14.9. The van der Waals surface area contributed by atoms with Gasteiger partial charge in [0.15, 0.2) is 5.13 Å². The molecule has 1 saturated heterocycles. The van der Waals surface area contributed by atoms with Crippen molar-refractivity contribution >= 4 is 43.0 Å². The van der Waals surface area contributed by atoms with E-state index in [4.69, 9.17) is 20.0 Å². The second-order valence-corrected chi connectivity index (χ2v) is 10.8. The Labute approximate surface area is 196 Å². The highest BCUT2D eigenvalue weighted by molar-refractivity contribution is 7.87. The number of fused-ring (bicyclic) bond motifs is 1. The Kier molecular flexibility index (Phi) is 6.84. The fourth-order valence-corrected chi connectivity index (χ4v) is 6.71. The summed E-state index contributed by atoms with van der Waals surface area (Å²) >= 11 is 1.66. The maximum absolute atomic E-state index is 12.9. The maximum atomic E-state index is 12.9. The van der Waals surface area contributed by atoms with E-state index in [1.165, 1.54) is 5.56 Å². The second kappa shape index (κ2) is 9.64. The molecular formula is C22H26N4O5S2. The largest absolute Gasteiger partial charge is 0.503 e. The van der Waals surface area contributed by atoms with E-state index in [2.05, 4.69) is 34.7 Å². The molecule has 2 heterocycles. The molecule has 33 heavy (non-hydrogen) atoms. The normalized spacial score (nSPS) is 23.1. The Bertz CT molecular complexity index is 1170. The topological polar surface area (TPSA) is 123 Å². The number of hydrogen-bond donors (Lipinski definition) is 3. The molecule has 11 heteroatoms. The number of thiazole rings is 1. The molecule has 2 fully saturated rings. The number of piperazine rings is 1. The maximum Gasteiger partial charge on any atom is 0.503 e. The van der Waals surface area contributed by atoms with Crippen molar-refractivity contribution in [1.29, 1.82) is 0 Å². The van der Waals surface area contributed by atoms with Crippen LogP contribution < -0.4 is 9.62 Å². The highest BCUT2D eigenvalue weighted by Gasteiger charge is 2.50. The molecule has 1 aliphatic heterocycles. The molecule has 1 aliphatic carbocycles. The molecule has 0 bridgehead atoms. The van der Waals surface area contributed by atoms with Gasteiger partial charge in [0.05, 0.1) is 10.2 Å². The van der Waals surface area contributed by atoms with Crippen LogP contribution >= 0.6 is 11.3 Å². The van der Waals surface area contributed by atoms with E-state index in [0.29, 0.717) is 32.1 Å². The van der Waals surface area contributed by atoms with Gasteiger partial charge in [0, 0.05) is 38.1 Å². The van der Waals surface area contributed by atoms with Gasteiger partial charge in [-0.15, -0.1) is 0 Å². The van der Waals surface area contributed by atoms with Gasteiger partial charge in [0.1, 0.15) is 0 Å². The highest BCUT2D eigenvalue weighted by Crippen LogP contribution is 2.47. The smallest absolute Gasteiger partial charge is 0.450 e. The third-order valence-corrected chi connectivity index (χ3v) is 8.69. The molecule has 2 aliphatic rings. The van der Waals surface area contributed by atoms with Gasteiger partial charge in [-0.2, -0.15) is 17.4 Å². The van der Waals surface area contributed by atoms with Crippen LogP contribution in [0, 0.1) is 5.92 Å². The Balaban J connectivity index is 0.000000601. The molecule has 3 aromatic rings. The van der Waals surface area contributed by atoms with E-state index in [1.54, 1.807) is 15.6 Å². The number of anilines is 1. The fraction of sp³-hybridized carbons (Fsp3) is 0.364. The van der Waals surface area contributed by atoms with Crippen molar-refractivity contribution in [1.82, 2.24) is 14.0 Å². The van der Waals surface area contributed by atoms with Gasteiger partial charge in [-0.1, -0.05) is 60.7 Å². The van der Waals surface area contributed by atoms with Crippen LogP contribution in [0.1, 0.15) is 18.4 Å². The van der Waals surface area contributed by atoms with Crippen LogP contribution in [0.4, 0.5) is 9.93 Å². The summed E-state index contributed by atoms with van der Waals surface area (Å²) in [6.07, 6.45) is -1.83. The molecule has 3 atom stereocenters. The predicted octanol–water partition coefficient (Wildman–Crippen LogP) is 3.28. The van der Waals surface area contributed by atoms with Crippen molar-refractivity contribution in [2.24, 2.45) is 5.92 Å². The average molecular weight is 491 g/mol. The molecule has 3 N–H and O–H groups in total. The number of carboxylic acid groups (broad SMARTS) is 2. The van der Waals surface area contributed by atoms with Gasteiger partial charge < -0.3 is 15.1 Å². The molecule has 176 valence electrons. The summed E-state index contributed by atoms with van der Waals surface area (Å²) in [4.78, 5) is 15.4. The quantitative estimate of drug-likeness (QED) is 0.501. The minimum atomic E-state index is -3.48. The van der Waals surface area contributed by atoms with E-state index in [9.17, 15) is 8.42 Å². The van der Waals surface area contributed by atoms with Gasteiger partial charge >= 0.3 is 6.16 Å². The van der Waals surface area contributed by atoms with Crippen molar-refractivity contribution in [2.75, 3.05) is 31.1 Å². The number of para-hydroxylation sites is 1. The first-order valence-electron chi connectivity index (χ1n) is 10.6. The molecule has 0 spiro atoms. The molecule has 5 rings (SSSR count). The Hall–Kier alpha value is -2.73. The summed E-state index contributed by atoms with van der Waals surface area (Å²) in [7, 11) is -3.48. The van der Waals surface area contributed by atoms with E-state index in [-0.39, 0.29) is 12.0 Å². The second-order valence-electron chi connectivity index (χ2n) is 8.08. The van der Waals surface area contributed by atoms with Crippen molar-refractivity contribution in [3.05, 3.63) is 60.2 Å². The van der Waals surface area contributed by atoms with Crippen LogP contribution in [-0.2, 0) is 10.2 Å². The molecule has 9 nitrogen and oxygen atoms in total. The number of nitrogens with one attached hydrogen (secondary N) is 1. The standard InChI is InChI=1S/C21H24N4O2S2.CH2O3/c1-15-19(16-7-3-2-4-8-16)20(15)23-29(26,27)25-13-11-24(12-14-25)21-22-17-9-5-6-10-18(17)28-21;2-1(3)4/h2-10,15,19-20,23H,11-14H2,1H3;(H2,2,3,4)/t15-,19-,20+;/m1./s1. The molecule has 0 amide bonds. The van der Waals surface area contributed by atoms with Crippen molar-refractivity contribution < 1.29 is 23.4 Å². The first-order chi connectivity index (χ1) is 15.8. The van der Waals surface area contributed by atoms with Crippen molar-refractivity contribution in [3.63, 3.8) is 0 Å². The first kappa shape index (κ1) is 23.4. The minimum absolute atomic E-state index is 0.0234. The molecule has 0 unspecified atom stereocenters. The number of rotatable bonds is 5. The van der Waals surface area contributed by atoms with Gasteiger partial charge in [-0.3, -0.25) is 0 Å². The number of benzene rings is 2. The van der Waals surface area contributed by atoms with Gasteiger partial charge in [0.25, 0.3) is 10.2 Å². The van der Waals surface area contributed by atoms with Gasteiger partial charge in [-0.05, 0) is 23.6 Å². The van der Waals surface area contributed by atoms with Gasteiger partial charge in [-0.25, -0.2) is 9.78 Å². The first-order valence-corrected chi connectivity index (χ1v) is 12.9. The monoisotopic (exact) mass is 490 g/mol. The lowest BCUT2D eigenvalue weighted by Gasteiger charge is -2.33. The number of nitrogens with zero attached hydrogens (tertiary/aromatic N) is 3. The summed E-state index contributed by atoms with van der Waals surface area (Å²) in [6, 6.07) is 18.2. The van der Waals surface area contributed by atoms with E-state index >= 15 is 0 Å². The Morgan fingerprint density at radius 2 is 1.64 bits per heavy atom. The molecule has 1 aromatic heterocycles. The number of hydrogen-bond acceptors (Lipinski definition) is 6. The van der Waals surface area contributed by atoms with Crippen molar-refractivity contribution in [2.45, 2.75) is 18.9 Å². The Morgan fingerprint density at radius 1 is 1.03 bits per heavy atom. The average Bonchev–Trinajstić information content (AvgIpc) is 3.21. The highest BCUT2D eigenvalue weighted by atomic mass is 32.2. The summed E-state index contributed by atoms with van der Waals surface area (Å²) in [5.74, 6) is 0.575. The van der Waals surface area contributed by atoms with Crippen LogP contribution in [0.5, 0.6) is 0 Å². The third kappa shape index (κ3) is 5.44. The van der Waals surface area contributed by atoms with Gasteiger partial charge in [0.2, 0.25) is 0 Å². The van der Waals surface area contributed by atoms with Crippen LogP contribution in [0.3, 0.4) is 0 Å². The predicted molar refractivity (Wildman–Crippen MR) is 128 cm³/mol. The summed E-state index contributed by atoms with van der Waals surface area (Å²) < 4.78 is 31.5. The van der Waals surface area contributed by atoms with Crippen molar-refractivity contribution in [3.8, 4) is 0 Å². The molecule has 2 aromatic carbocycles. The van der Waals surface area contributed by atoms with E-state index in [0.717, 1.165) is 15.3 Å². The Morgan fingerprint density at radius 3 is 2.27 bits per heavy atom. The molecule has 1 saturated carbocycles. The number of carbonyl (C=O) groups is 1. The SMILES string of the molecule is C[C@H]1[C@H](NS(=O)(=O)N2CCN(c3nc4ccccc4s3)CC2)[C@H]1c1ccccc1.O=C(O)O. The van der Waals surface area contributed by atoms with E-state index in [1.807, 2.05) is 36.4 Å². The lowest BCUT2D eigenvalue weighted by Crippen LogP contribution is -2.52. The zero-order chi connectivity index (χ0) is 23.6. The van der Waals surface area contributed by atoms with Crippen LogP contribution in [-0.4, -0.2) is 66.3 Å². The summed E-state index contributed by atoms with van der Waals surface area (Å²) in [5.41, 5.74) is 2.20. The lowest BCUT2D eigenvalue weighted by atomic mass is 10.1. The fourth-order valence-electron chi connectivity index (χ4n) is 4.19. The number of aromatic nitrogens is 1. The minimum Gasteiger partial charge on any atom is -0.450 e. The zero-order valence-electron chi connectivity index (χ0n) is 18.0. The lowest BCUT2D eigenvalue weighted by molar-refractivity contribution is 0.137. The third-order valence-electron chi connectivity index (χ3n) is 5.98. The van der Waals surface area contributed by atoms with Crippen LogP contribution in [0.2, 0.25) is 0 Å². The van der Waals surface area contributed by atoms with E-state index < -0.39 is 16.4 Å². The van der Waals surface area contributed by atoms with Crippen LogP contribution in [0.15, 0.2) is 54.6 Å². The zero-order valence-corrected chi connectivity index (χ0v) is 19.7. The molecular weight excluding hydrogens is 464 g/mol.